The molecule has 100 valence electrons. The first kappa shape index (κ1) is 13.8. The molecular weight excluding hydrogens is 282 g/mol. The lowest BCUT2D eigenvalue weighted by molar-refractivity contribution is 0.249. The molecule has 0 saturated carbocycles. The number of nitrogens with zero attached hydrogens (tertiary/aromatic N) is 1. The van der Waals surface area contributed by atoms with Gasteiger partial charge in [0.1, 0.15) is 0 Å². The first-order valence-electron chi connectivity index (χ1n) is 5.79. The van der Waals surface area contributed by atoms with Gasteiger partial charge < -0.3 is 10.6 Å². The van der Waals surface area contributed by atoms with Gasteiger partial charge in [0.05, 0.1) is 16.7 Å². The molecule has 2 aromatic rings. The lowest BCUT2D eigenvalue weighted by Gasteiger charge is -2.12. The van der Waals surface area contributed by atoms with Crippen LogP contribution in [0.3, 0.4) is 0 Å². The van der Waals surface area contributed by atoms with E-state index in [1.807, 2.05) is 19.2 Å². The number of halogens is 1. The van der Waals surface area contributed by atoms with E-state index in [0.717, 1.165) is 10.7 Å². The van der Waals surface area contributed by atoms with Gasteiger partial charge in [0.25, 0.3) is 0 Å². The van der Waals surface area contributed by atoms with Crippen molar-refractivity contribution in [1.29, 1.82) is 0 Å². The average Bonchev–Trinajstić information content (AvgIpc) is 2.75. The molecule has 2 amide bonds. The lowest BCUT2D eigenvalue weighted by Crippen LogP contribution is -2.31. The molecule has 6 heteroatoms. The average molecular weight is 296 g/mol. The number of aryl methyl sites for hydroxylation is 1. The van der Waals surface area contributed by atoms with Gasteiger partial charge in [0.15, 0.2) is 0 Å². The van der Waals surface area contributed by atoms with Crippen molar-refractivity contribution < 1.29 is 4.79 Å². The van der Waals surface area contributed by atoms with E-state index in [4.69, 9.17) is 11.6 Å². The number of hydrogen-bond acceptors (Lipinski definition) is 3. The molecule has 0 aliphatic carbocycles. The smallest absolute Gasteiger partial charge is 0.319 e. The minimum absolute atomic E-state index is 0.135. The zero-order valence-electron chi connectivity index (χ0n) is 10.6. The molecule has 0 aliphatic heterocycles. The Balaban J connectivity index is 1.94. The zero-order chi connectivity index (χ0) is 13.8. The molecule has 0 fully saturated rings. The molecule has 0 aliphatic rings. The Kier molecular flexibility index (Phi) is 4.39. The number of urea groups is 1. The summed E-state index contributed by atoms with van der Waals surface area (Å²) in [5, 5.41) is 9.07. The van der Waals surface area contributed by atoms with E-state index in [1.54, 1.807) is 35.6 Å². The second-order valence-corrected chi connectivity index (χ2v) is 5.62. The first-order valence-corrected chi connectivity index (χ1v) is 7.05. The highest BCUT2D eigenvalue weighted by atomic mass is 35.5. The van der Waals surface area contributed by atoms with Crippen molar-refractivity contribution in [2.75, 3.05) is 5.32 Å². The van der Waals surface area contributed by atoms with Crippen LogP contribution in [-0.4, -0.2) is 11.0 Å². The number of carbonyl (C=O) groups excluding carboxylic acids is 1. The third kappa shape index (κ3) is 3.94. The zero-order valence-corrected chi connectivity index (χ0v) is 12.2. The number of aromatic nitrogens is 1. The van der Waals surface area contributed by atoms with Crippen LogP contribution >= 0.6 is 22.9 Å². The molecule has 2 N–H and O–H groups in total. The van der Waals surface area contributed by atoms with Crippen molar-refractivity contribution in [3.05, 3.63) is 45.4 Å². The van der Waals surface area contributed by atoms with Crippen LogP contribution in [0.25, 0.3) is 0 Å². The number of amides is 2. The Bertz CT molecular complexity index is 585. The molecule has 0 bridgehead atoms. The van der Waals surface area contributed by atoms with Gasteiger partial charge in [-0.2, -0.15) is 0 Å². The van der Waals surface area contributed by atoms with Gasteiger partial charge in [-0.15, -0.1) is 11.3 Å². The van der Waals surface area contributed by atoms with E-state index in [0.29, 0.717) is 10.7 Å². The van der Waals surface area contributed by atoms with Gasteiger partial charge >= 0.3 is 6.03 Å². The molecule has 1 atom stereocenters. The topological polar surface area (TPSA) is 54.0 Å². The summed E-state index contributed by atoms with van der Waals surface area (Å²) in [6, 6.07) is 6.60. The highest BCUT2D eigenvalue weighted by Gasteiger charge is 2.12. The number of hydrogen-bond donors (Lipinski definition) is 2. The van der Waals surface area contributed by atoms with Crippen molar-refractivity contribution >= 4 is 34.7 Å². The normalized spacial score (nSPS) is 11.9. The highest BCUT2D eigenvalue weighted by Crippen LogP contribution is 2.17. The largest absolute Gasteiger partial charge is 0.330 e. The molecule has 1 heterocycles. The third-order valence-electron chi connectivity index (χ3n) is 2.51. The number of benzene rings is 1. The van der Waals surface area contributed by atoms with Crippen LogP contribution in [0, 0.1) is 6.92 Å². The maximum Gasteiger partial charge on any atom is 0.319 e. The van der Waals surface area contributed by atoms with E-state index >= 15 is 0 Å². The van der Waals surface area contributed by atoms with Crippen LogP contribution in [0.5, 0.6) is 0 Å². The summed E-state index contributed by atoms with van der Waals surface area (Å²) >= 11 is 7.42. The summed E-state index contributed by atoms with van der Waals surface area (Å²) in [5.74, 6) is 0. The fourth-order valence-corrected chi connectivity index (χ4v) is 2.48. The predicted octanol–water partition coefficient (Wildman–Crippen LogP) is 3.99. The van der Waals surface area contributed by atoms with E-state index in [-0.39, 0.29) is 12.1 Å². The summed E-state index contributed by atoms with van der Waals surface area (Å²) < 4.78 is 0. The Labute approximate surface area is 120 Å². The summed E-state index contributed by atoms with van der Waals surface area (Å²) in [6.07, 6.45) is 0. The molecule has 1 aromatic heterocycles. The van der Waals surface area contributed by atoms with Crippen molar-refractivity contribution in [3.63, 3.8) is 0 Å². The molecule has 4 nitrogen and oxygen atoms in total. The van der Waals surface area contributed by atoms with Crippen LogP contribution in [0.2, 0.25) is 5.02 Å². The first-order chi connectivity index (χ1) is 9.04. The van der Waals surface area contributed by atoms with Crippen LogP contribution < -0.4 is 10.6 Å². The number of rotatable bonds is 3. The summed E-state index contributed by atoms with van der Waals surface area (Å²) in [5.41, 5.74) is 1.52. The Morgan fingerprint density at radius 2 is 2.26 bits per heavy atom. The van der Waals surface area contributed by atoms with E-state index < -0.39 is 0 Å². The van der Waals surface area contributed by atoms with Crippen LogP contribution in [-0.2, 0) is 0 Å². The van der Waals surface area contributed by atoms with Gasteiger partial charge in [0, 0.05) is 16.1 Å². The Hall–Kier alpha value is -1.59. The quantitative estimate of drug-likeness (QED) is 0.899. The fraction of sp³-hybridized carbons (Fsp3) is 0.231. The fourth-order valence-electron chi connectivity index (χ4n) is 1.58. The number of anilines is 1. The molecule has 0 spiro atoms. The minimum Gasteiger partial charge on any atom is -0.330 e. The molecule has 0 saturated heterocycles. The summed E-state index contributed by atoms with van der Waals surface area (Å²) in [7, 11) is 0. The number of nitrogens with one attached hydrogen (secondary N) is 2. The minimum atomic E-state index is -0.277. The van der Waals surface area contributed by atoms with Gasteiger partial charge in [-0.3, -0.25) is 0 Å². The van der Waals surface area contributed by atoms with Crippen molar-refractivity contribution in [2.45, 2.75) is 19.9 Å². The van der Waals surface area contributed by atoms with E-state index in [1.165, 1.54) is 0 Å². The van der Waals surface area contributed by atoms with Gasteiger partial charge in [-0.1, -0.05) is 17.7 Å². The monoisotopic (exact) mass is 295 g/mol. The Morgan fingerprint density at radius 3 is 2.89 bits per heavy atom. The number of thiazole rings is 1. The van der Waals surface area contributed by atoms with E-state index in [9.17, 15) is 4.79 Å². The molecular formula is C13H14ClN3OS. The molecule has 1 unspecified atom stereocenters. The van der Waals surface area contributed by atoms with Crippen molar-refractivity contribution in [2.24, 2.45) is 0 Å². The summed E-state index contributed by atoms with van der Waals surface area (Å²) in [6.45, 7) is 3.83. The maximum absolute atomic E-state index is 11.8. The van der Waals surface area contributed by atoms with Crippen molar-refractivity contribution in [3.8, 4) is 0 Å². The molecule has 19 heavy (non-hydrogen) atoms. The second kappa shape index (κ2) is 6.04. The third-order valence-corrected chi connectivity index (χ3v) is 3.54. The molecule has 1 aromatic carbocycles. The molecule has 2 rings (SSSR count). The van der Waals surface area contributed by atoms with Crippen LogP contribution in [0.15, 0.2) is 29.6 Å². The van der Waals surface area contributed by atoms with Crippen LogP contribution in [0.4, 0.5) is 10.5 Å². The lowest BCUT2D eigenvalue weighted by atomic mass is 10.2. The maximum atomic E-state index is 11.8. The second-order valence-electron chi connectivity index (χ2n) is 4.12. The summed E-state index contributed by atoms with van der Waals surface area (Å²) in [4.78, 5) is 16.2. The number of carbonyl (C=O) groups is 1. The van der Waals surface area contributed by atoms with Crippen molar-refractivity contribution in [1.82, 2.24) is 10.3 Å². The highest BCUT2D eigenvalue weighted by molar-refractivity contribution is 7.09. The Morgan fingerprint density at radius 1 is 1.47 bits per heavy atom. The van der Waals surface area contributed by atoms with Gasteiger partial charge in [-0.25, -0.2) is 9.78 Å². The standard InChI is InChI=1S/C13H14ClN3OS/c1-8(12-7-19-9(2)16-12)15-13(18)17-11-5-3-4-10(14)6-11/h3-8H,1-2H3,(H2,15,17,18). The molecule has 0 radical (unpaired) electrons. The van der Waals surface area contributed by atoms with Crippen LogP contribution in [0.1, 0.15) is 23.7 Å². The predicted molar refractivity (Wildman–Crippen MR) is 78.9 cm³/mol. The van der Waals surface area contributed by atoms with Gasteiger partial charge in [0.2, 0.25) is 0 Å². The van der Waals surface area contributed by atoms with Gasteiger partial charge in [-0.05, 0) is 32.0 Å². The van der Waals surface area contributed by atoms with E-state index in [2.05, 4.69) is 15.6 Å². The SMILES string of the molecule is Cc1nc(C(C)NC(=O)Nc2cccc(Cl)c2)cs1.